The summed E-state index contributed by atoms with van der Waals surface area (Å²) in [6.07, 6.45) is 2.53. The number of hydrogen-bond donors (Lipinski definition) is 0. The molecule has 0 aliphatic carbocycles. The van der Waals surface area contributed by atoms with Gasteiger partial charge in [0.05, 0.1) is 11.1 Å². The van der Waals surface area contributed by atoms with Gasteiger partial charge in [-0.25, -0.2) is 9.78 Å². The van der Waals surface area contributed by atoms with E-state index >= 15 is 0 Å². The number of halogens is 2. The van der Waals surface area contributed by atoms with E-state index < -0.39 is 11.5 Å². The first-order valence-corrected chi connectivity index (χ1v) is 20.3. The monoisotopic (exact) mass is 854 g/mol. The summed E-state index contributed by atoms with van der Waals surface area (Å²) in [5.74, 6) is 1.25. The number of tetrazole rings is 1. The first kappa shape index (κ1) is 39.0. The van der Waals surface area contributed by atoms with Crippen LogP contribution in [-0.2, 0) is 28.0 Å². The highest BCUT2D eigenvalue weighted by atomic mass is 79.9. The molecule has 12 heteroatoms. The van der Waals surface area contributed by atoms with Gasteiger partial charge in [0.25, 0.3) is 0 Å². The number of fused-ring (bicyclic) bond motifs is 1. The van der Waals surface area contributed by atoms with Gasteiger partial charge >= 0.3 is 5.97 Å². The molecular weight excluding hydrogens is 816 g/mol. The highest BCUT2D eigenvalue weighted by molar-refractivity contribution is 9.10. The molecule has 8 aromatic rings. The molecule has 0 aliphatic heterocycles. The maximum absolute atomic E-state index is 13.2. The van der Waals surface area contributed by atoms with E-state index in [2.05, 4.69) is 70.3 Å². The van der Waals surface area contributed by atoms with Crippen molar-refractivity contribution < 1.29 is 18.7 Å². The Morgan fingerprint density at radius 2 is 1.45 bits per heavy atom. The zero-order valence-corrected chi connectivity index (χ0v) is 34.4. The van der Waals surface area contributed by atoms with Crippen molar-refractivity contribution >= 4 is 44.5 Å². The highest BCUT2D eigenvalue weighted by Gasteiger charge is 2.41. The van der Waals surface area contributed by atoms with E-state index in [1.807, 2.05) is 95.6 Å². The van der Waals surface area contributed by atoms with Gasteiger partial charge in [-0.2, -0.15) is 0 Å². The summed E-state index contributed by atoms with van der Waals surface area (Å²) in [5.41, 5.74) is 5.43. The Morgan fingerprint density at radius 1 is 0.828 bits per heavy atom. The maximum Gasteiger partial charge on any atom is 0.358 e. The van der Waals surface area contributed by atoms with Gasteiger partial charge in [-0.1, -0.05) is 146 Å². The van der Waals surface area contributed by atoms with Gasteiger partial charge in [0.2, 0.25) is 5.82 Å². The average molecular weight is 856 g/mol. The number of aryl methyl sites for hydroxylation is 1. The number of carbonyl (C=O) groups excluding carboxylic acids is 1. The summed E-state index contributed by atoms with van der Waals surface area (Å²) in [5, 5.41) is 15.6. The van der Waals surface area contributed by atoms with Gasteiger partial charge in [0, 0.05) is 36.6 Å². The van der Waals surface area contributed by atoms with Crippen LogP contribution in [0.2, 0.25) is 5.15 Å². The summed E-state index contributed by atoms with van der Waals surface area (Å²) in [7, 11) is 1.55. The Morgan fingerprint density at radius 3 is 2.07 bits per heavy atom. The molecule has 10 nitrogen and oxygen atoms in total. The number of carbonyl (C=O) groups is 1. The molecule has 0 saturated heterocycles. The van der Waals surface area contributed by atoms with E-state index in [0.29, 0.717) is 30.1 Å². The lowest BCUT2D eigenvalue weighted by atomic mass is 9.77. The molecule has 3 aromatic heterocycles. The number of aromatic nitrogens is 6. The van der Waals surface area contributed by atoms with Gasteiger partial charge in [0.1, 0.15) is 23.8 Å². The van der Waals surface area contributed by atoms with Crippen LogP contribution in [0.5, 0.6) is 0 Å². The van der Waals surface area contributed by atoms with E-state index in [9.17, 15) is 4.79 Å². The molecule has 0 saturated carbocycles. The summed E-state index contributed by atoms with van der Waals surface area (Å²) in [4.78, 5) is 19.5. The van der Waals surface area contributed by atoms with Crippen molar-refractivity contribution in [3.8, 4) is 22.7 Å². The first-order chi connectivity index (χ1) is 28.4. The van der Waals surface area contributed by atoms with Crippen molar-refractivity contribution in [2.45, 2.75) is 38.3 Å². The standard InChI is InChI=1S/C46H40BrClN6O4/c1-3-4-24-39-49-43(48)41(45(55)57-28-27-56-2)53(39)30-31-25-26-38-37(29-31)40(47)42(58-38)35-22-14-15-23-36(35)44-50-52-54(51-44)46(32-16-8-5-9-17-32,33-18-10-6-11-19-33)34-20-12-7-13-21-34/h5-23,25-26,29H,3-4,24,27-28,30H2,1-2H3. The lowest BCUT2D eigenvalue weighted by Crippen LogP contribution is -2.39. The predicted molar refractivity (Wildman–Crippen MR) is 228 cm³/mol. The lowest BCUT2D eigenvalue weighted by molar-refractivity contribution is 0.0376. The quantitative estimate of drug-likeness (QED) is 0.0570. The molecule has 0 fully saturated rings. The smallest absolute Gasteiger partial charge is 0.358 e. The fraction of sp³-hybridized carbons (Fsp3) is 0.196. The maximum atomic E-state index is 13.2. The van der Waals surface area contributed by atoms with Crippen LogP contribution in [0, 0.1) is 0 Å². The molecule has 58 heavy (non-hydrogen) atoms. The van der Waals surface area contributed by atoms with Crippen LogP contribution in [0.3, 0.4) is 0 Å². The largest absolute Gasteiger partial charge is 0.458 e. The molecule has 0 N–H and O–H groups in total. The molecule has 0 aliphatic rings. The lowest BCUT2D eigenvalue weighted by Gasteiger charge is -2.34. The summed E-state index contributed by atoms with van der Waals surface area (Å²) >= 11 is 10.5. The minimum Gasteiger partial charge on any atom is -0.458 e. The molecule has 0 amide bonds. The zero-order chi connectivity index (χ0) is 40.1. The topological polar surface area (TPSA) is 110 Å². The Labute approximate surface area is 349 Å². The third-order valence-electron chi connectivity index (χ3n) is 10.2. The highest BCUT2D eigenvalue weighted by Crippen LogP contribution is 2.43. The first-order valence-electron chi connectivity index (χ1n) is 19.1. The van der Waals surface area contributed by atoms with Crippen molar-refractivity contribution in [1.29, 1.82) is 0 Å². The number of esters is 1. The predicted octanol–water partition coefficient (Wildman–Crippen LogP) is 10.4. The van der Waals surface area contributed by atoms with Crippen molar-refractivity contribution in [2.75, 3.05) is 20.3 Å². The number of imidazole rings is 1. The molecule has 292 valence electrons. The van der Waals surface area contributed by atoms with Crippen LogP contribution >= 0.6 is 27.5 Å². The number of rotatable bonds is 15. The zero-order valence-electron chi connectivity index (χ0n) is 32.0. The molecule has 0 atom stereocenters. The number of benzene rings is 5. The Kier molecular flexibility index (Phi) is 11.6. The normalized spacial score (nSPS) is 11.7. The van der Waals surface area contributed by atoms with Crippen molar-refractivity contribution in [1.82, 2.24) is 29.8 Å². The van der Waals surface area contributed by atoms with Crippen molar-refractivity contribution in [3.63, 3.8) is 0 Å². The van der Waals surface area contributed by atoms with E-state index in [1.54, 1.807) is 11.9 Å². The van der Waals surface area contributed by atoms with E-state index in [1.165, 1.54) is 0 Å². The van der Waals surface area contributed by atoms with Crippen LogP contribution in [0.25, 0.3) is 33.7 Å². The molecule has 0 bridgehead atoms. The third kappa shape index (κ3) is 7.37. The number of nitrogens with zero attached hydrogens (tertiary/aromatic N) is 6. The number of unbranched alkanes of at least 4 members (excludes halogenated alkanes) is 1. The second kappa shape index (κ2) is 17.3. The number of furan rings is 1. The molecule has 0 spiro atoms. The number of ether oxygens (including phenoxy) is 2. The van der Waals surface area contributed by atoms with Crippen LogP contribution < -0.4 is 0 Å². The van der Waals surface area contributed by atoms with E-state index in [0.717, 1.165) is 61.9 Å². The fourth-order valence-corrected chi connectivity index (χ4v) is 8.32. The van der Waals surface area contributed by atoms with Gasteiger partial charge < -0.3 is 18.5 Å². The fourth-order valence-electron chi connectivity index (χ4n) is 7.44. The second-order valence-corrected chi connectivity index (χ2v) is 15.0. The summed E-state index contributed by atoms with van der Waals surface area (Å²) in [6.45, 7) is 2.85. The third-order valence-corrected chi connectivity index (χ3v) is 11.3. The Hall–Kier alpha value is -5.88. The molecular formula is C46H40BrClN6O4. The molecule has 0 unspecified atom stereocenters. The van der Waals surface area contributed by atoms with Crippen LogP contribution in [0.4, 0.5) is 0 Å². The molecule has 0 radical (unpaired) electrons. The summed E-state index contributed by atoms with van der Waals surface area (Å²) in [6, 6.07) is 44.6. The average Bonchev–Trinajstić information content (AvgIpc) is 3.97. The minimum absolute atomic E-state index is 0.110. The van der Waals surface area contributed by atoms with Crippen molar-refractivity contribution in [2.24, 2.45) is 0 Å². The molecule has 8 rings (SSSR count). The van der Waals surface area contributed by atoms with Crippen LogP contribution in [0.1, 0.15) is 58.3 Å². The van der Waals surface area contributed by atoms with Crippen LogP contribution in [0.15, 0.2) is 142 Å². The Balaban J connectivity index is 1.19. The van der Waals surface area contributed by atoms with Gasteiger partial charge in [-0.05, 0) is 62.0 Å². The number of hydrogen-bond acceptors (Lipinski definition) is 8. The van der Waals surface area contributed by atoms with Gasteiger partial charge in [-0.15, -0.1) is 15.0 Å². The molecule has 5 aromatic carbocycles. The number of methoxy groups -OCH3 is 1. The Bertz CT molecular complexity index is 2560. The van der Waals surface area contributed by atoms with E-state index in [4.69, 9.17) is 40.9 Å². The summed E-state index contributed by atoms with van der Waals surface area (Å²) < 4.78 is 19.7. The van der Waals surface area contributed by atoms with Crippen molar-refractivity contribution in [3.05, 3.63) is 177 Å². The van der Waals surface area contributed by atoms with Gasteiger partial charge in [0.15, 0.2) is 16.4 Å². The van der Waals surface area contributed by atoms with E-state index in [-0.39, 0.29) is 24.1 Å². The molecule has 3 heterocycles. The minimum atomic E-state index is -0.920. The van der Waals surface area contributed by atoms with Gasteiger partial charge in [-0.3, -0.25) is 0 Å². The second-order valence-electron chi connectivity index (χ2n) is 13.8. The van der Waals surface area contributed by atoms with Crippen LogP contribution in [-0.4, -0.2) is 56.1 Å². The SMILES string of the molecule is CCCCc1nc(Cl)c(C(=O)OCCOC)n1Cc1ccc2oc(-c3ccccc3-c3nnn(C(c4ccccc4)(c4ccccc4)c4ccccc4)n3)c(Br)c2c1.